The summed E-state index contributed by atoms with van der Waals surface area (Å²) < 4.78 is 4.86. The van der Waals surface area contributed by atoms with Crippen molar-refractivity contribution in [1.29, 1.82) is 10.5 Å². The van der Waals surface area contributed by atoms with Gasteiger partial charge in [-0.3, -0.25) is 4.99 Å². The van der Waals surface area contributed by atoms with Gasteiger partial charge >= 0.3 is 0 Å². The Bertz CT molecular complexity index is 317. The molecule has 0 aromatic carbocycles. The van der Waals surface area contributed by atoms with Gasteiger partial charge in [0, 0.05) is 7.11 Å². The summed E-state index contributed by atoms with van der Waals surface area (Å²) in [6, 6.07) is 3.58. The zero-order chi connectivity index (χ0) is 8.97. The van der Waals surface area contributed by atoms with E-state index in [1.54, 1.807) is 12.1 Å². The Morgan fingerprint density at radius 2 is 2.08 bits per heavy atom. The lowest BCUT2D eigenvalue weighted by Gasteiger charge is -2.11. The first-order chi connectivity index (χ1) is 5.81. The normalized spacial score (nSPS) is 21.8. The fourth-order valence-corrected chi connectivity index (χ4v) is 0.788. The third-order valence-corrected chi connectivity index (χ3v) is 1.39. The first kappa shape index (κ1) is 8.38. The van der Waals surface area contributed by atoms with E-state index in [0.29, 0.717) is 6.54 Å². The van der Waals surface area contributed by atoms with E-state index in [9.17, 15) is 0 Å². The van der Waals surface area contributed by atoms with Gasteiger partial charge in [-0.2, -0.15) is 10.5 Å². The minimum Gasteiger partial charge on any atom is -0.358 e. The zero-order valence-electron chi connectivity index (χ0n) is 6.48. The number of ether oxygens (including phenoxy) is 1. The van der Waals surface area contributed by atoms with Crippen LogP contribution < -0.4 is 0 Å². The van der Waals surface area contributed by atoms with Crippen LogP contribution >= 0.6 is 0 Å². The van der Waals surface area contributed by atoms with Crippen molar-refractivity contribution >= 4 is 11.4 Å². The van der Waals surface area contributed by atoms with Crippen molar-refractivity contribution < 1.29 is 4.74 Å². The summed E-state index contributed by atoms with van der Waals surface area (Å²) in [4.78, 5) is 7.68. The van der Waals surface area contributed by atoms with Crippen molar-refractivity contribution in [3.05, 3.63) is 0 Å². The number of aliphatic imine (C=N–C) groups is 2. The van der Waals surface area contributed by atoms with Crippen molar-refractivity contribution in [2.75, 3.05) is 13.7 Å². The van der Waals surface area contributed by atoms with E-state index in [2.05, 4.69) is 9.98 Å². The highest BCUT2D eigenvalue weighted by Crippen LogP contribution is 2.02. The Kier molecular flexibility index (Phi) is 2.52. The highest BCUT2D eigenvalue weighted by molar-refractivity contribution is 6.53. The van der Waals surface area contributed by atoms with Crippen LogP contribution in [0.4, 0.5) is 0 Å². The summed E-state index contributed by atoms with van der Waals surface area (Å²) in [5, 5.41) is 17.0. The summed E-state index contributed by atoms with van der Waals surface area (Å²) in [5.74, 6) is 0. The van der Waals surface area contributed by atoms with Crippen LogP contribution in [0.25, 0.3) is 0 Å². The molecule has 0 N–H and O–H groups in total. The monoisotopic (exact) mass is 162 g/mol. The summed E-state index contributed by atoms with van der Waals surface area (Å²) in [6.45, 7) is 0.310. The molecule has 0 saturated carbocycles. The molecule has 0 spiro atoms. The van der Waals surface area contributed by atoms with Crippen molar-refractivity contribution in [3.8, 4) is 12.1 Å². The lowest BCUT2D eigenvalue weighted by atomic mass is 10.2. The largest absolute Gasteiger partial charge is 0.358 e. The van der Waals surface area contributed by atoms with Gasteiger partial charge in [-0.05, 0) is 0 Å². The van der Waals surface area contributed by atoms with E-state index < -0.39 is 6.23 Å². The Hall–Kier alpha value is -1.72. The molecule has 1 atom stereocenters. The van der Waals surface area contributed by atoms with Crippen molar-refractivity contribution in [3.63, 3.8) is 0 Å². The molecule has 0 aromatic heterocycles. The quantitative estimate of drug-likeness (QED) is 0.539. The molecule has 5 heteroatoms. The minimum atomic E-state index is -0.420. The fourth-order valence-electron chi connectivity index (χ4n) is 0.788. The van der Waals surface area contributed by atoms with Crippen LogP contribution in [0.3, 0.4) is 0 Å². The van der Waals surface area contributed by atoms with Crippen molar-refractivity contribution in [2.45, 2.75) is 6.23 Å². The molecule has 0 aliphatic carbocycles. The van der Waals surface area contributed by atoms with Crippen LogP contribution in [0.1, 0.15) is 0 Å². The Morgan fingerprint density at radius 3 is 2.58 bits per heavy atom. The van der Waals surface area contributed by atoms with Crippen LogP contribution in [-0.2, 0) is 4.74 Å². The van der Waals surface area contributed by atoms with E-state index in [4.69, 9.17) is 15.3 Å². The minimum absolute atomic E-state index is 0.0515. The number of nitrogens with zero attached hydrogens (tertiary/aromatic N) is 4. The van der Waals surface area contributed by atoms with E-state index in [1.807, 2.05) is 0 Å². The molecular formula is C7H6N4O. The van der Waals surface area contributed by atoms with E-state index in [-0.39, 0.29) is 11.4 Å². The van der Waals surface area contributed by atoms with Gasteiger partial charge in [-0.25, -0.2) is 4.99 Å². The second kappa shape index (κ2) is 3.61. The molecule has 1 unspecified atom stereocenters. The second-order valence-electron chi connectivity index (χ2n) is 2.08. The smallest absolute Gasteiger partial charge is 0.174 e. The Labute approximate surface area is 69.6 Å². The molecule has 0 amide bonds. The maximum Gasteiger partial charge on any atom is 0.174 e. The van der Waals surface area contributed by atoms with Crippen LogP contribution in [0.15, 0.2) is 9.98 Å². The molecule has 60 valence electrons. The molecule has 1 rings (SSSR count). The first-order valence-corrected chi connectivity index (χ1v) is 3.27. The third kappa shape index (κ3) is 1.47. The molecule has 0 saturated heterocycles. The van der Waals surface area contributed by atoms with Crippen LogP contribution in [0.5, 0.6) is 0 Å². The molecule has 0 fully saturated rings. The average molecular weight is 162 g/mol. The molecule has 12 heavy (non-hydrogen) atoms. The van der Waals surface area contributed by atoms with Crippen LogP contribution in [0.2, 0.25) is 0 Å². The lowest BCUT2D eigenvalue weighted by Crippen LogP contribution is -2.25. The molecule has 1 aliphatic heterocycles. The molecule has 0 bridgehead atoms. The van der Waals surface area contributed by atoms with Crippen molar-refractivity contribution in [1.82, 2.24) is 0 Å². The molecule has 5 nitrogen and oxygen atoms in total. The molecule has 1 aliphatic rings. The summed E-state index contributed by atoms with van der Waals surface area (Å²) in [7, 11) is 1.48. The maximum atomic E-state index is 8.54. The van der Waals surface area contributed by atoms with E-state index >= 15 is 0 Å². The third-order valence-electron chi connectivity index (χ3n) is 1.39. The topological polar surface area (TPSA) is 81.5 Å². The van der Waals surface area contributed by atoms with Gasteiger partial charge in [0.15, 0.2) is 17.7 Å². The number of hydrogen-bond acceptors (Lipinski definition) is 5. The Morgan fingerprint density at radius 1 is 1.42 bits per heavy atom. The standard InChI is InChI=1S/C7H6N4O/c1-12-7-4-10-5(2-8)6(3-9)11-7/h7H,4H2,1H3. The van der Waals surface area contributed by atoms with Gasteiger partial charge in [0.2, 0.25) is 0 Å². The second-order valence-corrected chi connectivity index (χ2v) is 2.08. The molecule has 0 aromatic rings. The summed E-state index contributed by atoms with van der Waals surface area (Å²) >= 11 is 0. The van der Waals surface area contributed by atoms with Gasteiger partial charge in [-0.1, -0.05) is 0 Å². The van der Waals surface area contributed by atoms with Crippen LogP contribution in [0, 0.1) is 22.7 Å². The fraction of sp³-hybridized carbons (Fsp3) is 0.429. The van der Waals surface area contributed by atoms with Crippen LogP contribution in [-0.4, -0.2) is 31.3 Å². The highest BCUT2D eigenvalue weighted by Gasteiger charge is 2.17. The average Bonchev–Trinajstić information content (AvgIpc) is 2.16. The van der Waals surface area contributed by atoms with E-state index in [0.717, 1.165) is 0 Å². The lowest BCUT2D eigenvalue weighted by molar-refractivity contribution is 0.117. The predicted octanol–water partition coefficient (Wildman–Crippen LogP) is -0.0983. The zero-order valence-corrected chi connectivity index (χ0v) is 6.48. The van der Waals surface area contributed by atoms with Gasteiger partial charge in [0.05, 0.1) is 6.54 Å². The Balaban J connectivity index is 2.90. The SMILES string of the molecule is COC1CN=C(C#N)C(C#N)=N1. The number of rotatable bonds is 1. The molecular weight excluding hydrogens is 156 g/mol. The maximum absolute atomic E-state index is 8.54. The van der Waals surface area contributed by atoms with Gasteiger partial charge < -0.3 is 4.74 Å². The number of nitriles is 2. The summed E-state index contributed by atoms with van der Waals surface area (Å²) in [5.41, 5.74) is 0.140. The number of methoxy groups -OCH3 is 1. The van der Waals surface area contributed by atoms with Gasteiger partial charge in [-0.15, -0.1) is 0 Å². The first-order valence-electron chi connectivity index (χ1n) is 3.27. The number of hydrogen-bond donors (Lipinski definition) is 0. The summed E-state index contributed by atoms with van der Waals surface area (Å²) in [6.07, 6.45) is -0.420. The molecule has 1 heterocycles. The molecule has 0 radical (unpaired) electrons. The van der Waals surface area contributed by atoms with Crippen molar-refractivity contribution in [2.24, 2.45) is 9.98 Å². The van der Waals surface area contributed by atoms with Gasteiger partial charge in [0.25, 0.3) is 0 Å². The predicted molar refractivity (Wildman–Crippen MR) is 41.8 cm³/mol. The van der Waals surface area contributed by atoms with Gasteiger partial charge in [0.1, 0.15) is 12.1 Å². The highest BCUT2D eigenvalue weighted by atomic mass is 16.5. The van der Waals surface area contributed by atoms with E-state index in [1.165, 1.54) is 7.11 Å².